The molecule has 1 saturated heterocycles. The molecule has 0 bridgehead atoms. The zero-order valence-corrected chi connectivity index (χ0v) is 14.3. The van der Waals surface area contributed by atoms with Crippen LogP contribution in [0.4, 0.5) is 0 Å². The molecular formula is C20H22N4O. The summed E-state index contributed by atoms with van der Waals surface area (Å²) in [6.07, 6.45) is 4.32. The molecular weight excluding hydrogens is 312 g/mol. The van der Waals surface area contributed by atoms with Crippen LogP contribution in [0.25, 0.3) is 0 Å². The predicted molar refractivity (Wildman–Crippen MR) is 95.2 cm³/mol. The van der Waals surface area contributed by atoms with Gasteiger partial charge in [-0.25, -0.2) is 4.68 Å². The van der Waals surface area contributed by atoms with Gasteiger partial charge >= 0.3 is 0 Å². The van der Waals surface area contributed by atoms with Crippen molar-refractivity contribution < 1.29 is 0 Å². The number of piperidine rings is 1. The zero-order valence-electron chi connectivity index (χ0n) is 14.3. The van der Waals surface area contributed by atoms with Crippen molar-refractivity contribution in [1.82, 2.24) is 14.7 Å². The third kappa shape index (κ3) is 3.64. The van der Waals surface area contributed by atoms with Gasteiger partial charge in [-0.15, -0.1) is 0 Å². The summed E-state index contributed by atoms with van der Waals surface area (Å²) in [5, 5.41) is 13.5. The minimum atomic E-state index is 0.0231. The first kappa shape index (κ1) is 16.0. The second kappa shape index (κ2) is 6.81. The Hall–Kier alpha value is -2.45. The lowest BCUT2D eigenvalue weighted by Gasteiger charge is -2.32. The average molecular weight is 334 g/mol. The molecule has 2 fully saturated rings. The Bertz CT molecular complexity index is 837. The van der Waals surface area contributed by atoms with Crippen molar-refractivity contribution in [2.75, 3.05) is 13.1 Å². The van der Waals surface area contributed by atoms with Gasteiger partial charge in [-0.3, -0.25) is 9.69 Å². The highest BCUT2D eigenvalue weighted by molar-refractivity contribution is 5.31. The van der Waals surface area contributed by atoms with E-state index in [4.69, 9.17) is 5.26 Å². The summed E-state index contributed by atoms with van der Waals surface area (Å²) in [5.74, 6) is 0.573. The van der Waals surface area contributed by atoms with Crippen LogP contribution in [0.15, 0.2) is 41.2 Å². The smallest absolute Gasteiger partial charge is 0.267 e. The molecule has 2 aromatic rings. The van der Waals surface area contributed by atoms with Gasteiger partial charge in [0.25, 0.3) is 5.56 Å². The van der Waals surface area contributed by atoms with Crippen LogP contribution in [0.2, 0.25) is 0 Å². The van der Waals surface area contributed by atoms with Crippen LogP contribution >= 0.6 is 0 Å². The molecule has 0 atom stereocenters. The highest BCUT2D eigenvalue weighted by Crippen LogP contribution is 2.38. The maximum absolute atomic E-state index is 12.2. The first-order valence-electron chi connectivity index (χ1n) is 9.04. The third-order valence-corrected chi connectivity index (χ3v) is 5.23. The molecule has 0 spiro atoms. The summed E-state index contributed by atoms with van der Waals surface area (Å²) in [6.45, 7) is 2.82. The van der Waals surface area contributed by atoms with E-state index in [1.54, 1.807) is 10.7 Å². The highest BCUT2D eigenvalue weighted by Gasteiger charge is 2.27. The van der Waals surface area contributed by atoms with E-state index in [-0.39, 0.29) is 11.6 Å². The standard InChI is InChI=1S/C20H22N4O/c21-13-15-1-3-16(4-2-15)14-23-11-9-18(10-12-23)24-20(25)8-7-19(22-24)17-5-6-17/h1-4,7-8,17-18H,5-6,9-12,14H2. The van der Waals surface area contributed by atoms with Crippen LogP contribution < -0.4 is 5.56 Å². The molecule has 2 heterocycles. The molecule has 4 rings (SSSR count). The number of nitriles is 1. The topological polar surface area (TPSA) is 61.9 Å². The zero-order chi connectivity index (χ0) is 17.2. The van der Waals surface area contributed by atoms with Crippen molar-refractivity contribution in [2.24, 2.45) is 0 Å². The molecule has 5 nitrogen and oxygen atoms in total. The minimum Gasteiger partial charge on any atom is -0.299 e. The number of nitrogens with zero attached hydrogens (tertiary/aromatic N) is 4. The summed E-state index contributed by atoms with van der Waals surface area (Å²) in [6, 6.07) is 13.7. The van der Waals surface area contributed by atoms with Crippen LogP contribution in [0.1, 0.15) is 54.5 Å². The van der Waals surface area contributed by atoms with Crippen molar-refractivity contribution >= 4 is 0 Å². The van der Waals surface area contributed by atoms with Gasteiger partial charge in [-0.05, 0) is 49.4 Å². The number of benzene rings is 1. The summed E-state index contributed by atoms with van der Waals surface area (Å²) in [5.41, 5.74) is 3.03. The van der Waals surface area contributed by atoms with Gasteiger partial charge in [0.2, 0.25) is 0 Å². The second-order valence-electron chi connectivity index (χ2n) is 7.13. The third-order valence-electron chi connectivity index (χ3n) is 5.23. The van der Waals surface area contributed by atoms with E-state index < -0.39 is 0 Å². The van der Waals surface area contributed by atoms with Crippen molar-refractivity contribution in [1.29, 1.82) is 5.26 Å². The lowest BCUT2D eigenvalue weighted by atomic mass is 10.0. The van der Waals surface area contributed by atoms with E-state index in [1.807, 2.05) is 30.3 Å². The Balaban J connectivity index is 1.39. The molecule has 1 aliphatic carbocycles. The molecule has 2 aliphatic rings. The first-order valence-corrected chi connectivity index (χ1v) is 9.04. The molecule has 0 amide bonds. The molecule has 0 unspecified atom stereocenters. The van der Waals surface area contributed by atoms with Gasteiger partial charge in [-0.2, -0.15) is 10.4 Å². The van der Waals surface area contributed by atoms with Gasteiger partial charge in [0.05, 0.1) is 23.4 Å². The Morgan fingerprint density at radius 1 is 1.04 bits per heavy atom. The van der Waals surface area contributed by atoms with Gasteiger partial charge in [0.15, 0.2) is 0 Å². The number of hydrogen-bond acceptors (Lipinski definition) is 4. The van der Waals surface area contributed by atoms with Crippen molar-refractivity contribution in [3.63, 3.8) is 0 Å². The average Bonchev–Trinajstić information content (AvgIpc) is 3.49. The number of likely N-dealkylation sites (tertiary alicyclic amines) is 1. The number of aromatic nitrogens is 2. The van der Waals surface area contributed by atoms with Crippen LogP contribution in [0, 0.1) is 11.3 Å². The summed E-state index contributed by atoms with van der Waals surface area (Å²) in [7, 11) is 0. The Kier molecular flexibility index (Phi) is 4.37. The normalized spacial score (nSPS) is 18.8. The number of rotatable bonds is 4. The van der Waals surface area contributed by atoms with Crippen molar-refractivity contribution in [2.45, 2.75) is 44.2 Å². The van der Waals surface area contributed by atoms with E-state index in [0.717, 1.165) is 38.2 Å². The van der Waals surface area contributed by atoms with E-state index in [9.17, 15) is 4.79 Å². The van der Waals surface area contributed by atoms with E-state index in [0.29, 0.717) is 11.5 Å². The van der Waals surface area contributed by atoms with Crippen LogP contribution in [-0.2, 0) is 6.54 Å². The monoisotopic (exact) mass is 334 g/mol. The van der Waals surface area contributed by atoms with Crippen LogP contribution in [-0.4, -0.2) is 27.8 Å². The Morgan fingerprint density at radius 2 is 1.76 bits per heavy atom. The lowest BCUT2D eigenvalue weighted by molar-refractivity contribution is 0.170. The van der Waals surface area contributed by atoms with E-state index >= 15 is 0 Å². The predicted octanol–water partition coefficient (Wildman–Crippen LogP) is 2.83. The van der Waals surface area contributed by atoms with Gasteiger partial charge in [-0.1, -0.05) is 12.1 Å². The summed E-state index contributed by atoms with van der Waals surface area (Å²) >= 11 is 0. The van der Waals surface area contributed by atoms with Crippen molar-refractivity contribution in [3.8, 4) is 6.07 Å². The largest absolute Gasteiger partial charge is 0.299 e. The minimum absolute atomic E-state index is 0.0231. The maximum Gasteiger partial charge on any atom is 0.267 e. The molecule has 1 aromatic carbocycles. The second-order valence-corrected chi connectivity index (χ2v) is 7.13. The summed E-state index contributed by atoms with van der Waals surface area (Å²) < 4.78 is 1.73. The lowest BCUT2D eigenvalue weighted by Crippen LogP contribution is -2.38. The van der Waals surface area contributed by atoms with Crippen molar-refractivity contribution in [3.05, 3.63) is 63.6 Å². The Morgan fingerprint density at radius 3 is 2.40 bits per heavy atom. The van der Waals surface area contributed by atoms with Crippen LogP contribution in [0.5, 0.6) is 0 Å². The van der Waals surface area contributed by atoms with Crippen LogP contribution in [0.3, 0.4) is 0 Å². The molecule has 1 aliphatic heterocycles. The molecule has 1 aromatic heterocycles. The highest BCUT2D eigenvalue weighted by atomic mass is 16.1. The fourth-order valence-electron chi connectivity index (χ4n) is 3.56. The maximum atomic E-state index is 12.2. The molecule has 0 N–H and O–H groups in total. The molecule has 0 radical (unpaired) electrons. The summed E-state index contributed by atoms with van der Waals surface area (Å²) in [4.78, 5) is 14.6. The molecule has 1 saturated carbocycles. The molecule has 5 heteroatoms. The van der Waals surface area contributed by atoms with Gasteiger partial charge < -0.3 is 0 Å². The van der Waals surface area contributed by atoms with Gasteiger partial charge in [0, 0.05) is 31.6 Å². The first-order chi connectivity index (χ1) is 12.2. The molecule has 128 valence electrons. The fraction of sp³-hybridized carbons (Fsp3) is 0.450. The van der Waals surface area contributed by atoms with E-state index in [1.165, 1.54) is 18.4 Å². The molecule has 25 heavy (non-hydrogen) atoms. The van der Waals surface area contributed by atoms with Gasteiger partial charge in [0.1, 0.15) is 0 Å². The quantitative estimate of drug-likeness (QED) is 0.862. The Labute approximate surface area is 147 Å². The SMILES string of the molecule is N#Cc1ccc(CN2CCC(n3nc(C4CC4)ccc3=O)CC2)cc1. The fourth-order valence-corrected chi connectivity index (χ4v) is 3.56. The van der Waals surface area contributed by atoms with E-state index in [2.05, 4.69) is 16.1 Å². The number of hydrogen-bond donors (Lipinski definition) is 0.